The van der Waals surface area contributed by atoms with Crippen LogP contribution in [0.25, 0.3) is 0 Å². The van der Waals surface area contributed by atoms with Gasteiger partial charge in [0, 0.05) is 6.61 Å². The van der Waals surface area contributed by atoms with Crippen molar-refractivity contribution >= 4 is 0 Å². The highest BCUT2D eigenvalue weighted by molar-refractivity contribution is 5.14. The molecule has 0 radical (unpaired) electrons. The van der Waals surface area contributed by atoms with Crippen molar-refractivity contribution in [1.29, 1.82) is 0 Å². The molecule has 0 bridgehead atoms. The highest BCUT2D eigenvalue weighted by atomic mass is 16.5. The van der Waals surface area contributed by atoms with E-state index in [1.54, 1.807) is 0 Å². The van der Waals surface area contributed by atoms with Crippen LogP contribution >= 0.6 is 0 Å². The molecule has 0 atom stereocenters. The molecule has 14 heavy (non-hydrogen) atoms. The zero-order chi connectivity index (χ0) is 10.2. The fourth-order valence-electron chi connectivity index (χ4n) is 1.26. The van der Waals surface area contributed by atoms with Gasteiger partial charge in [0.2, 0.25) is 0 Å². The molecule has 0 fully saturated rings. The molecular formula is C13H20O. The molecule has 78 valence electrons. The lowest BCUT2D eigenvalue weighted by Gasteiger charge is -2.06. The standard InChI is InChI=1S/C13H20O/c1-12(2)8-10-14-11-9-13-6-4-3-5-7-13/h3-7,12H,8-11H2,1-2H3. The van der Waals surface area contributed by atoms with Crippen molar-refractivity contribution in [1.82, 2.24) is 0 Å². The van der Waals surface area contributed by atoms with Crippen LogP contribution in [-0.4, -0.2) is 13.2 Å². The lowest BCUT2D eigenvalue weighted by Crippen LogP contribution is -2.02. The van der Waals surface area contributed by atoms with Gasteiger partial charge in [-0.25, -0.2) is 0 Å². The first-order valence-electron chi connectivity index (χ1n) is 5.40. The Kier molecular flexibility index (Phi) is 5.31. The van der Waals surface area contributed by atoms with Gasteiger partial charge in [0.05, 0.1) is 6.61 Å². The SMILES string of the molecule is CC(C)CCOCCc1ccccc1. The minimum absolute atomic E-state index is 0.742. The summed E-state index contributed by atoms with van der Waals surface area (Å²) in [5.41, 5.74) is 1.36. The average molecular weight is 192 g/mol. The second kappa shape index (κ2) is 6.61. The Labute approximate surface area is 87.1 Å². The zero-order valence-corrected chi connectivity index (χ0v) is 9.20. The van der Waals surface area contributed by atoms with Crippen LogP contribution in [0.1, 0.15) is 25.8 Å². The zero-order valence-electron chi connectivity index (χ0n) is 9.20. The highest BCUT2D eigenvalue weighted by Gasteiger charge is 1.94. The van der Waals surface area contributed by atoms with Crippen LogP contribution in [0.2, 0.25) is 0 Å². The topological polar surface area (TPSA) is 9.23 Å². The largest absolute Gasteiger partial charge is 0.381 e. The summed E-state index contributed by atoms with van der Waals surface area (Å²) in [6.07, 6.45) is 2.19. The van der Waals surface area contributed by atoms with Gasteiger partial charge in [-0.3, -0.25) is 0 Å². The summed E-state index contributed by atoms with van der Waals surface area (Å²) in [6.45, 7) is 6.18. The molecule has 0 saturated carbocycles. The van der Waals surface area contributed by atoms with E-state index in [1.807, 2.05) is 6.07 Å². The minimum atomic E-state index is 0.742. The monoisotopic (exact) mass is 192 g/mol. The van der Waals surface area contributed by atoms with Crippen molar-refractivity contribution < 1.29 is 4.74 Å². The third-order valence-electron chi connectivity index (χ3n) is 2.22. The second-order valence-electron chi connectivity index (χ2n) is 4.03. The van der Waals surface area contributed by atoms with Crippen LogP contribution in [0.5, 0.6) is 0 Å². The molecule has 0 unspecified atom stereocenters. The van der Waals surface area contributed by atoms with E-state index in [9.17, 15) is 0 Å². The first-order valence-corrected chi connectivity index (χ1v) is 5.40. The third-order valence-corrected chi connectivity index (χ3v) is 2.22. The molecule has 1 aromatic carbocycles. The van der Waals surface area contributed by atoms with Crippen molar-refractivity contribution in [2.75, 3.05) is 13.2 Å². The van der Waals surface area contributed by atoms with Crippen molar-refractivity contribution in [3.63, 3.8) is 0 Å². The number of ether oxygens (including phenoxy) is 1. The van der Waals surface area contributed by atoms with E-state index in [4.69, 9.17) is 4.74 Å². The number of hydrogen-bond acceptors (Lipinski definition) is 1. The maximum Gasteiger partial charge on any atom is 0.0506 e. The molecule has 0 aromatic heterocycles. The van der Waals surface area contributed by atoms with Crippen molar-refractivity contribution in [2.45, 2.75) is 26.7 Å². The Morgan fingerprint density at radius 2 is 1.79 bits per heavy atom. The Hall–Kier alpha value is -0.820. The van der Waals surface area contributed by atoms with Crippen molar-refractivity contribution in [3.8, 4) is 0 Å². The van der Waals surface area contributed by atoms with Gasteiger partial charge < -0.3 is 4.74 Å². The summed E-state index contributed by atoms with van der Waals surface area (Å²) in [7, 11) is 0. The van der Waals surface area contributed by atoms with Crippen LogP contribution in [0.4, 0.5) is 0 Å². The molecule has 0 spiro atoms. The second-order valence-corrected chi connectivity index (χ2v) is 4.03. The van der Waals surface area contributed by atoms with Gasteiger partial charge in [-0.2, -0.15) is 0 Å². The molecule has 0 heterocycles. The number of hydrogen-bond donors (Lipinski definition) is 0. The van der Waals surface area contributed by atoms with Crippen molar-refractivity contribution in [3.05, 3.63) is 35.9 Å². The van der Waals surface area contributed by atoms with E-state index in [1.165, 1.54) is 5.56 Å². The average Bonchev–Trinajstić information content (AvgIpc) is 2.18. The van der Waals surface area contributed by atoms with E-state index in [-0.39, 0.29) is 0 Å². The highest BCUT2D eigenvalue weighted by Crippen LogP contribution is 2.02. The van der Waals surface area contributed by atoms with E-state index < -0.39 is 0 Å². The molecule has 0 aliphatic heterocycles. The lowest BCUT2D eigenvalue weighted by atomic mass is 10.1. The predicted molar refractivity (Wildman–Crippen MR) is 60.4 cm³/mol. The van der Waals surface area contributed by atoms with Gasteiger partial charge in [-0.05, 0) is 24.3 Å². The first kappa shape index (κ1) is 11.3. The van der Waals surface area contributed by atoms with Gasteiger partial charge in [-0.15, -0.1) is 0 Å². The molecule has 0 aliphatic rings. The molecule has 0 saturated heterocycles. The van der Waals surface area contributed by atoms with Gasteiger partial charge in [0.15, 0.2) is 0 Å². The molecule has 1 nitrogen and oxygen atoms in total. The molecule has 1 aromatic rings. The van der Waals surface area contributed by atoms with Gasteiger partial charge in [0.1, 0.15) is 0 Å². The Bertz CT molecular complexity index is 228. The molecule has 1 heteroatoms. The van der Waals surface area contributed by atoms with E-state index in [0.29, 0.717) is 0 Å². The van der Waals surface area contributed by atoms with Crippen LogP contribution in [-0.2, 0) is 11.2 Å². The fraction of sp³-hybridized carbons (Fsp3) is 0.538. The fourth-order valence-corrected chi connectivity index (χ4v) is 1.26. The van der Waals surface area contributed by atoms with Crippen LogP contribution in [0, 0.1) is 5.92 Å². The summed E-state index contributed by atoms with van der Waals surface area (Å²) in [4.78, 5) is 0. The molecule has 1 rings (SSSR count). The quantitative estimate of drug-likeness (QED) is 0.628. The lowest BCUT2D eigenvalue weighted by molar-refractivity contribution is 0.126. The molecule has 0 N–H and O–H groups in total. The number of rotatable bonds is 6. The Morgan fingerprint density at radius 3 is 2.43 bits per heavy atom. The maximum atomic E-state index is 5.55. The predicted octanol–water partition coefficient (Wildman–Crippen LogP) is 3.29. The summed E-state index contributed by atoms with van der Waals surface area (Å²) < 4.78 is 5.55. The van der Waals surface area contributed by atoms with E-state index >= 15 is 0 Å². The normalized spacial score (nSPS) is 10.8. The van der Waals surface area contributed by atoms with Crippen LogP contribution in [0.15, 0.2) is 30.3 Å². The summed E-state index contributed by atoms with van der Waals surface area (Å²) in [5, 5.41) is 0. The smallest absolute Gasteiger partial charge is 0.0506 e. The maximum absolute atomic E-state index is 5.55. The Morgan fingerprint density at radius 1 is 1.07 bits per heavy atom. The van der Waals surface area contributed by atoms with Gasteiger partial charge >= 0.3 is 0 Å². The molecular weight excluding hydrogens is 172 g/mol. The van der Waals surface area contributed by atoms with Gasteiger partial charge in [0.25, 0.3) is 0 Å². The van der Waals surface area contributed by atoms with Gasteiger partial charge in [-0.1, -0.05) is 44.2 Å². The molecule has 0 aliphatic carbocycles. The van der Waals surface area contributed by atoms with Crippen LogP contribution in [0.3, 0.4) is 0 Å². The van der Waals surface area contributed by atoms with Crippen molar-refractivity contribution in [2.24, 2.45) is 5.92 Å². The van der Waals surface area contributed by atoms with Crippen LogP contribution < -0.4 is 0 Å². The minimum Gasteiger partial charge on any atom is -0.381 e. The first-order chi connectivity index (χ1) is 6.79. The number of benzene rings is 1. The molecule has 0 amide bonds. The summed E-state index contributed by atoms with van der Waals surface area (Å²) in [6, 6.07) is 10.5. The Balaban J connectivity index is 2.05. The third kappa shape index (κ3) is 5.03. The van der Waals surface area contributed by atoms with E-state index in [0.717, 1.165) is 32.0 Å². The summed E-state index contributed by atoms with van der Waals surface area (Å²) >= 11 is 0. The summed E-state index contributed by atoms with van der Waals surface area (Å²) in [5.74, 6) is 0.742. The van der Waals surface area contributed by atoms with E-state index in [2.05, 4.69) is 38.1 Å².